The van der Waals surface area contributed by atoms with Crippen molar-refractivity contribution in [3.05, 3.63) is 21.4 Å². The minimum Gasteiger partial charge on any atom is -0.388 e. The fourth-order valence-electron chi connectivity index (χ4n) is 3.26. The summed E-state index contributed by atoms with van der Waals surface area (Å²) in [5.41, 5.74) is 0.663. The first kappa shape index (κ1) is 14.0. The lowest BCUT2D eigenvalue weighted by atomic mass is 9.80. The zero-order chi connectivity index (χ0) is 13.7. The van der Waals surface area contributed by atoms with Gasteiger partial charge in [0.15, 0.2) is 0 Å². The van der Waals surface area contributed by atoms with Crippen molar-refractivity contribution in [2.24, 2.45) is 5.92 Å². The van der Waals surface area contributed by atoms with Gasteiger partial charge in [-0.1, -0.05) is 0 Å². The number of aryl methyl sites for hydroxylation is 2. The van der Waals surface area contributed by atoms with Crippen LogP contribution in [0.5, 0.6) is 0 Å². The van der Waals surface area contributed by atoms with Gasteiger partial charge in [-0.05, 0) is 59.6 Å². The van der Waals surface area contributed by atoms with Gasteiger partial charge in [-0.25, -0.2) is 0 Å². The fourth-order valence-corrected chi connectivity index (χ4v) is 4.22. The van der Waals surface area contributed by atoms with Crippen molar-refractivity contribution in [2.75, 3.05) is 0 Å². The molecule has 0 bridgehead atoms. The fraction of sp³-hybridized carbons (Fsp3) is 0.733. The molecule has 0 aliphatic carbocycles. The Morgan fingerprint density at radius 2 is 1.94 bits per heavy atom. The largest absolute Gasteiger partial charge is 0.388 e. The predicted octanol–water partition coefficient (Wildman–Crippen LogP) is 3.99. The van der Waals surface area contributed by atoms with E-state index in [-0.39, 0.29) is 17.1 Å². The number of rotatable bonds is 2. The Bertz CT molecular complexity index is 445. The second kappa shape index (κ2) is 4.32. The maximum Gasteiger partial charge on any atom is 0.0857 e. The summed E-state index contributed by atoms with van der Waals surface area (Å²) in [6, 6.07) is 2.12. The van der Waals surface area contributed by atoms with Crippen LogP contribution in [-0.4, -0.2) is 16.3 Å². The van der Waals surface area contributed by atoms with Crippen LogP contribution in [0.25, 0.3) is 0 Å². The highest BCUT2D eigenvalue weighted by molar-refractivity contribution is 7.12. The van der Waals surface area contributed by atoms with Gasteiger partial charge in [-0.2, -0.15) is 0 Å². The summed E-state index contributed by atoms with van der Waals surface area (Å²) < 4.78 is 6.08. The molecule has 1 fully saturated rings. The van der Waals surface area contributed by atoms with E-state index < -0.39 is 6.10 Å². The molecule has 2 heterocycles. The van der Waals surface area contributed by atoms with Gasteiger partial charge in [0.05, 0.1) is 17.3 Å². The van der Waals surface area contributed by atoms with Gasteiger partial charge in [-0.3, -0.25) is 0 Å². The number of aliphatic hydroxyl groups excluding tert-OH is 1. The van der Waals surface area contributed by atoms with E-state index in [1.54, 1.807) is 11.3 Å². The van der Waals surface area contributed by atoms with Gasteiger partial charge >= 0.3 is 0 Å². The second-order valence-electron chi connectivity index (χ2n) is 6.59. The Morgan fingerprint density at radius 3 is 2.33 bits per heavy atom. The monoisotopic (exact) mass is 268 g/mol. The van der Waals surface area contributed by atoms with Crippen molar-refractivity contribution in [1.82, 2.24) is 0 Å². The highest BCUT2D eigenvalue weighted by Gasteiger charge is 2.49. The molecule has 0 aromatic carbocycles. The molecule has 1 aliphatic heterocycles. The van der Waals surface area contributed by atoms with Gasteiger partial charge in [0, 0.05) is 15.7 Å². The lowest BCUT2D eigenvalue weighted by Crippen LogP contribution is -2.32. The van der Waals surface area contributed by atoms with Crippen LogP contribution in [0.2, 0.25) is 0 Å². The first-order valence-corrected chi connectivity index (χ1v) is 7.39. The van der Waals surface area contributed by atoms with Crippen LogP contribution in [-0.2, 0) is 4.74 Å². The molecule has 1 saturated heterocycles. The summed E-state index contributed by atoms with van der Waals surface area (Å²) in [4.78, 5) is 2.48. The zero-order valence-corrected chi connectivity index (χ0v) is 13.0. The van der Waals surface area contributed by atoms with E-state index in [9.17, 15) is 5.11 Å². The summed E-state index contributed by atoms with van der Waals surface area (Å²) in [5.74, 6) is 0.153. The average Bonchev–Trinajstić information content (AvgIpc) is 2.61. The molecule has 0 spiro atoms. The third-order valence-corrected chi connectivity index (χ3v) is 4.90. The van der Waals surface area contributed by atoms with Crippen LogP contribution < -0.4 is 0 Å². The third-order valence-electron chi connectivity index (χ3n) is 3.92. The van der Waals surface area contributed by atoms with Crippen molar-refractivity contribution in [1.29, 1.82) is 0 Å². The molecule has 0 saturated carbocycles. The maximum atomic E-state index is 10.7. The number of hydrogen-bond acceptors (Lipinski definition) is 3. The number of thiophene rings is 1. The van der Waals surface area contributed by atoms with Crippen molar-refractivity contribution in [2.45, 2.75) is 65.3 Å². The molecular formula is C15H24O2S. The Morgan fingerprint density at radius 1 is 1.33 bits per heavy atom. The van der Waals surface area contributed by atoms with Crippen molar-refractivity contribution >= 4 is 11.3 Å². The predicted molar refractivity (Wildman–Crippen MR) is 76.1 cm³/mol. The van der Waals surface area contributed by atoms with Gasteiger partial charge in [0.25, 0.3) is 0 Å². The van der Waals surface area contributed by atoms with E-state index in [0.29, 0.717) is 0 Å². The SMILES string of the molecule is Cc1cc(C(O)C2CC(C)(C)OC2(C)C)c(C)s1. The van der Waals surface area contributed by atoms with Gasteiger partial charge in [0.1, 0.15) is 0 Å². The van der Waals surface area contributed by atoms with Crippen molar-refractivity contribution < 1.29 is 9.84 Å². The minimum absolute atomic E-state index is 0.145. The van der Waals surface area contributed by atoms with Crippen LogP contribution in [0.1, 0.15) is 55.5 Å². The van der Waals surface area contributed by atoms with Crippen molar-refractivity contribution in [3.63, 3.8) is 0 Å². The summed E-state index contributed by atoms with van der Waals surface area (Å²) in [7, 11) is 0. The first-order chi connectivity index (χ1) is 8.12. The molecule has 2 rings (SSSR count). The molecule has 1 aliphatic rings. The standard InChI is InChI=1S/C15H24O2S/c1-9-7-11(10(2)18-9)13(16)12-8-14(3,4)17-15(12,5)6/h7,12-13,16H,8H2,1-6H3. The number of aliphatic hydroxyl groups is 1. The molecular weight excluding hydrogens is 244 g/mol. The summed E-state index contributed by atoms with van der Waals surface area (Å²) in [5, 5.41) is 10.7. The molecule has 2 nitrogen and oxygen atoms in total. The Kier molecular flexibility index (Phi) is 3.37. The van der Waals surface area contributed by atoms with Gasteiger partial charge < -0.3 is 9.84 Å². The maximum absolute atomic E-state index is 10.7. The normalized spacial score (nSPS) is 27.4. The molecule has 1 aromatic heterocycles. The van der Waals surface area contributed by atoms with E-state index >= 15 is 0 Å². The van der Waals surface area contributed by atoms with E-state index in [2.05, 4.69) is 47.6 Å². The Balaban J connectivity index is 2.29. The zero-order valence-electron chi connectivity index (χ0n) is 12.2. The van der Waals surface area contributed by atoms with Crippen LogP contribution in [0.3, 0.4) is 0 Å². The van der Waals surface area contributed by atoms with E-state index in [1.165, 1.54) is 9.75 Å². The van der Waals surface area contributed by atoms with Crippen LogP contribution in [0, 0.1) is 19.8 Å². The molecule has 2 unspecified atom stereocenters. The molecule has 0 amide bonds. The topological polar surface area (TPSA) is 29.5 Å². The Labute approximate surface area is 114 Å². The van der Waals surface area contributed by atoms with Crippen molar-refractivity contribution in [3.8, 4) is 0 Å². The molecule has 1 N–H and O–H groups in total. The van der Waals surface area contributed by atoms with Crippen LogP contribution in [0.15, 0.2) is 6.07 Å². The molecule has 3 heteroatoms. The quantitative estimate of drug-likeness (QED) is 0.878. The Hall–Kier alpha value is -0.380. The summed E-state index contributed by atoms with van der Waals surface area (Å²) in [6.45, 7) is 12.6. The molecule has 1 aromatic rings. The van der Waals surface area contributed by atoms with Gasteiger partial charge in [0.2, 0.25) is 0 Å². The van der Waals surface area contributed by atoms with E-state index in [0.717, 1.165) is 12.0 Å². The first-order valence-electron chi connectivity index (χ1n) is 6.57. The summed E-state index contributed by atoms with van der Waals surface area (Å²) in [6.07, 6.45) is 0.474. The van der Waals surface area contributed by atoms with Crippen LogP contribution in [0.4, 0.5) is 0 Å². The second-order valence-corrected chi connectivity index (χ2v) is 8.05. The minimum atomic E-state index is -0.424. The lowest BCUT2D eigenvalue weighted by Gasteiger charge is -2.30. The smallest absolute Gasteiger partial charge is 0.0857 e. The number of hydrogen-bond donors (Lipinski definition) is 1. The third kappa shape index (κ3) is 2.49. The highest BCUT2D eigenvalue weighted by Crippen LogP contribution is 2.48. The molecule has 18 heavy (non-hydrogen) atoms. The molecule has 0 radical (unpaired) electrons. The summed E-state index contributed by atoms with van der Waals surface area (Å²) >= 11 is 1.76. The average molecular weight is 268 g/mol. The van der Waals surface area contributed by atoms with E-state index in [4.69, 9.17) is 4.74 Å². The lowest BCUT2D eigenvalue weighted by molar-refractivity contribution is -0.0880. The van der Waals surface area contributed by atoms with Gasteiger partial charge in [-0.15, -0.1) is 11.3 Å². The van der Waals surface area contributed by atoms with E-state index in [1.807, 2.05) is 0 Å². The molecule has 2 atom stereocenters. The highest BCUT2D eigenvalue weighted by atomic mass is 32.1. The molecule has 102 valence electrons. The van der Waals surface area contributed by atoms with Crippen LogP contribution >= 0.6 is 11.3 Å². The number of ether oxygens (including phenoxy) is 1.